The molecule has 1 aliphatic rings. The van der Waals surface area contributed by atoms with E-state index in [0.717, 1.165) is 10.6 Å². The maximum absolute atomic E-state index is 13.0. The highest BCUT2D eigenvalue weighted by molar-refractivity contribution is 6.36. The average Bonchev–Trinajstić information content (AvgIpc) is 2.55. The number of hydrogen-bond acceptors (Lipinski definition) is 4. The van der Waals surface area contributed by atoms with Crippen LogP contribution in [0.2, 0.25) is 15.1 Å². The van der Waals surface area contributed by atoms with Gasteiger partial charge in [0.05, 0.1) is 5.69 Å². The highest BCUT2D eigenvalue weighted by Crippen LogP contribution is 2.43. The smallest absolute Gasteiger partial charge is 0.327 e. The highest BCUT2D eigenvalue weighted by atomic mass is 35.5. The SMILES string of the molecule is NN1c2cc(Cl)cc(Cl)c2[C@@H](C(=O)Cc2cccc(Cl)c2)C[C@@H]1C(=O)O. The molecular formula is C18H15Cl3N2O3. The van der Waals surface area contributed by atoms with E-state index in [9.17, 15) is 14.7 Å². The van der Waals surface area contributed by atoms with Gasteiger partial charge in [0, 0.05) is 33.0 Å². The zero-order valence-corrected chi connectivity index (χ0v) is 15.7. The molecule has 2 aromatic carbocycles. The molecule has 5 nitrogen and oxygen atoms in total. The Morgan fingerprint density at radius 1 is 1.15 bits per heavy atom. The Labute approximate surface area is 165 Å². The number of carbonyl (C=O) groups excluding carboxylic acids is 1. The topological polar surface area (TPSA) is 83.6 Å². The maximum Gasteiger partial charge on any atom is 0.327 e. The van der Waals surface area contributed by atoms with Crippen molar-refractivity contribution in [1.29, 1.82) is 0 Å². The number of anilines is 1. The van der Waals surface area contributed by atoms with Gasteiger partial charge in [0.2, 0.25) is 0 Å². The van der Waals surface area contributed by atoms with Crippen LogP contribution in [0.25, 0.3) is 0 Å². The second kappa shape index (κ2) is 7.45. The summed E-state index contributed by atoms with van der Waals surface area (Å²) in [5.41, 5.74) is 1.60. The summed E-state index contributed by atoms with van der Waals surface area (Å²) < 4.78 is 0. The molecule has 0 saturated heterocycles. The van der Waals surface area contributed by atoms with Gasteiger partial charge >= 0.3 is 5.97 Å². The average molecular weight is 414 g/mol. The number of hydrogen-bond donors (Lipinski definition) is 2. The molecule has 26 heavy (non-hydrogen) atoms. The minimum atomic E-state index is -1.12. The molecule has 0 unspecified atom stereocenters. The van der Waals surface area contributed by atoms with Crippen LogP contribution in [0.15, 0.2) is 36.4 Å². The molecule has 0 amide bonds. The Hall–Kier alpha value is -1.79. The third-order valence-electron chi connectivity index (χ3n) is 4.43. The summed E-state index contributed by atoms with van der Waals surface area (Å²) in [5.74, 6) is 4.00. The molecule has 0 bridgehead atoms. The fraction of sp³-hybridized carbons (Fsp3) is 0.222. The monoisotopic (exact) mass is 412 g/mol. The lowest BCUT2D eigenvalue weighted by molar-refractivity contribution is -0.139. The molecule has 136 valence electrons. The lowest BCUT2D eigenvalue weighted by Crippen LogP contribution is -2.51. The number of carbonyl (C=O) groups is 2. The van der Waals surface area contributed by atoms with Crippen molar-refractivity contribution in [3.8, 4) is 0 Å². The van der Waals surface area contributed by atoms with Crippen LogP contribution < -0.4 is 10.9 Å². The van der Waals surface area contributed by atoms with E-state index in [1.807, 2.05) is 0 Å². The number of rotatable bonds is 4. The van der Waals surface area contributed by atoms with E-state index in [1.165, 1.54) is 12.1 Å². The first-order valence-corrected chi connectivity index (χ1v) is 8.94. The molecule has 1 heterocycles. The third-order valence-corrected chi connectivity index (χ3v) is 5.20. The van der Waals surface area contributed by atoms with Crippen molar-refractivity contribution >= 4 is 52.2 Å². The van der Waals surface area contributed by atoms with Crippen LogP contribution in [-0.4, -0.2) is 22.9 Å². The predicted molar refractivity (Wildman–Crippen MR) is 102 cm³/mol. The molecular weight excluding hydrogens is 399 g/mol. The van der Waals surface area contributed by atoms with Crippen molar-refractivity contribution in [2.75, 3.05) is 5.01 Å². The van der Waals surface area contributed by atoms with E-state index in [0.29, 0.717) is 21.3 Å². The van der Waals surface area contributed by atoms with Gasteiger partial charge in [-0.2, -0.15) is 0 Å². The molecule has 0 aromatic heterocycles. The minimum Gasteiger partial charge on any atom is -0.480 e. The molecule has 8 heteroatoms. The van der Waals surface area contributed by atoms with Gasteiger partial charge in [-0.25, -0.2) is 10.6 Å². The highest BCUT2D eigenvalue weighted by Gasteiger charge is 2.40. The van der Waals surface area contributed by atoms with E-state index in [4.69, 9.17) is 40.6 Å². The van der Waals surface area contributed by atoms with Gasteiger partial charge in [-0.05, 0) is 36.2 Å². The van der Waals surface area contributed by atoms with Gasteiger partial charge in [0.15, 0.2) is 0 Å². The zero-order valence-electron chi connectivity index (χ0n) is 13.5. The number of carboxylic acids is 1. The molecule has 2 aromatic rings. The summed E-state index contributed by atoms with van der Waals surface area (Å²) in [5, 5.41) is 11.7. The summed E-state index contributed by atoms with van der Waals surface area (Å²) in [6.45, 7) is 0. The first kappa shape index (κ1) is 19.0. The number of aliphatic carboxylic acids is 1. The largest absolute Gasteiger partial charge is 0.480 e. The molecule has 0 radical (unpaired) electrons. The van der Waals surface area contributed by atoms with Crippen molar-refractivity contribution in [2.24, 2.45) is 5.84 Å². The van der Waals surface area contributed by atoms with Crippen LogP contribution in [0.5, 0.6) is 0 Å². The van der Waals surface area contributed by atoms with Crippen LogP contribution in [-0.2, 0) is 16.0 Å². The van der Waals surface area contributed by atoms with Gasteiger partial charge in [-0.3, -0.25) is 9.80 Å². The van der Waals surface area contributed by atoms with E-state index in [2.05, 4.69) is 0 Å². The van der Waals surface area contributed by atoms with Crippen LogP contribution in [0.3, 0.4) is 0 Å². The summed E-state index contributed by atoms with van der Waals surface area (Å²) in [7, 11) is 0. The molecule has 0 saturated carbocycles. The second-order valence-corrected chi connectivity index (χ2v) is 7.42. The first-order chi connectivity index (χ1) is 12.3. The summed E-state index contributed by atoms with van der Waals surface area (Å²) in [6.07, 6.45) is 0.139. The van der Waals surface area contributed by atoms with Crippen LogP contribution in [0.1, 0.15) is 23.5 Å². The Kier molecular flexibility index (Phi) is 5.44. The minimum absolute atomic E-state index is 0.0274. The van der Waals surface area contributed by atoms with Gasteiger partial charge in [0.1, 0.15) is 11.8 Å². The number of halogens is 3. The van der Waals surface area contributed by atoms with E-state index in [1.54, 1.807) is 24.3 Å². The molecule has 0 aliphatic carbocycles. The van der Waals surface area contributed by atoms with Crippen LogP contribution in [0.4, 0.5) is 5.69 Å². The maximum atomic E-state index is 13.0. The standard InChI is InChI=1S/C18H15Cl3N2O3/c19-10-3-1-2-9(4-10)5-16(24)12-8-15(18(25)26)23(22)14-7-11(20)6-13(21)17(12)14/h1-4,6-7,12,15H,5,8,22H2,(H,25,26)/t12-,15-/m1/s1. The second-order valence-electron chi connectivity index (χ2n) is 6.14. The molecule has 3 rings (SSSR count). The van der Waals surface area contributed by atoms with Crippen molar-refractivity contribution in [2.45, 2.75) is 24.8 Å². The van der Waals surface area contributed by atoms with E-state index >= 15 is 0 Å². The molecule has 2 atom stereocenters. The van der Waals surface area contributed by atoms with Gasteiger partial charge in [-0.1, -0.05) is 46.9 Å². The number of nitrogens with two attached hydrogens (primary N) is 1. The third kappa shape index (κ3) is 3.67. The number of Topliss-reactive ketones (excluding diaryl/α,β-unsaturated/α-hetero) is 1. The van der Waals surface area contributed by atoms with E-state index < -0.39 is 17.9 Å². The number of carboxylic acid groups (broad SMARTS) is 1. The van der Waals surface area contributed by atoms with Crippen LogP contribution in [0, 0.1) is 0 Å². The Balaban J connectivity index is 2.02. The number of fused-ring (bicyclic) bond motifs is 1. The Morgan fingerprint density at radius 2 is 1.88 bits per heavy atom. The van der Waals surface area contributed by atoms with Crippen molar-refractivity contribution in [1.82, 2.24) is 0 Å². The molecule has 0 spiro atoms. The van der Waals surface area contributed by atoms with Crippen LogP contribution >= 0.6 is 34.8 Å². The lowest BCUT2D eigenvalue weighted by Gasteiger charge is -2.37. The van der Waals surface area contributed by atoms with Gasteiger partial charge in [-0.15, -0.1) is 0 Å². The predicted octanol–water partition coefficient (Wildman–Crippen LogP) is 4.08. The first-order valence-electron chi connectivity index (χ1n) is 7.80. The van der Waals surface area contributed by atoms with Gasteiger partial charge in [0.25, 0.3) is 0 Å². The number of nitrogens with zero attached hydrogens (tertiary/aromatic N) is 1. The van der Waals surface area contributed by atoms with Crippen molar-refractivity contribution in [3.05, 3.63) is 62.6 Å². The quantitative estimate of drug-likeness (QED) is 0.738. The number of hydrazine groups is 1. The normalized spacial score (nSPS) is 19.2. The fourth-order valence-corrected chi connectivity index (χ4v) is 4.06. The number of benzene rings is 2. The molecule has 0 fully saturated rings. The summed E-state index contributed by atoms with van der Waals surface area (Å²) in [4.78, 5) is 24.6. The Bertz CT molecular complexity index is 888. The van der Waals surface area contributed by atoms with Gasteiger partial charge < -0.3 is 5.11 Å². The zero-order chi connectivity index (χ0) is 19.0. The number of ketones is 1. The summed E-state index contributed by atoms with van der Waals surface area (Å²) >= 11 is 18.3. The fourth-order valence-electron chi connectivity index (χ4n) is 3.24. The summed E-state index contributed by atoms with van der Waals surface area (Å²) in [6, 6.07) is 8.97. The lowest BCUT2D eigenvalue weighted by atomic mass is 9.81. The van der Waals surface area contributed by atoms with E-state index in [-0.39, 0.29) is 23.6 Å². The van der Waals surface area contributed by atoms with Crippen molar-refractivity contribution < 1.29 is 14.7 Å². The molecule has 1 aliphatic heterocycles. The molecule has 3 N–H and O–H groups in total. The van der Waals surface area contributed by atoms with Crippen molar-refractivity contribution in [3.63, 3.8) is 0 Å². The Morgan fingerprint density at radius 3 is 2.54 bits per heavy atom.